The highest BCUT2D eigenvalue weighted by Crippen LogP contribution is 2.25. The van der Waals surface area contributed by atoms with Crippen LogP contribution in [0.25, 0.3) is 0 Å². The molecule has 0 amide bonds. The van der Waals surface area contributed by atoms with Gasteiger partial charge in [-0.05, 0) is 13.8 Å². The molecule has 1 aromatic rings. The number of aryl methyl sites for hydroxylation is 1. The van der Waals surface area contributed by atoms with Crippen LogP contribution in [-0.4, -0.2) is 47.8 Å². The van der Waals surface area contributed by atoms with E-state index in [4.69, 9.17) is 10.5 Å². The summed E-state index contributed by atoms with van der Waals surface area (Å²) >= 11 is 0. The topological polar surface area (TPSA) is 90.5 Å². The van der Waals surface area contributed by atoms with E-state index in [2.05, 4.69) is 5.10 Å². The molecule has 1 aromatic heterocycles. The van der Waals surface area contributed by atoms with E-state index in [0.717, 1.165) is 0 Å². The second kappa shape index (κ2) is 4.22. The average molecular weight is 274 g/mol. The standard InChI is InChI=1S/C10H18N4O3S/c1-10(2)7-14(4-5-17-10)18(15,16)8-6-13(3)12-9(8)11/h6H,4-5,7H2,1-3H3,(H2,11,12). The third-order valence-corrected chi connectivity index (χ3v) is 4.69. The van der Waals surface area contributed by atoms with Crippen molar-refractivity contribution in [2.75, 3.05) is 25.4 Å². The monoisotopic (exact) mass is 274 g/mol. The predicted octanol–water partition coefficient (Wildman–Crippen LogP) is -0.198. The predicted molar refractivity (Wildman–Crippen MR) is 66.4 cm³/mol. The Balaban J connectivity index is 2.34. The van der Waals surface area contributed by atoms with Gasteiger partial charge < -0.3 is 10.5 Å². The molecule has 2 rings (SSSR count). The van der Waals surface area contributed by atoms with Gasteiger partial charge in [0.2, 0.25) is 10.0 Å². The van der Waals surface area contributed by atoms with Crippen molar-refractivity contribution >= 4 is 15.8 Å². The SMILES string of the molecule is Cn1cc(S(=O)(=O)N2CCOC(C)(C)C2)c(N)n1. The van der Waals surface area contributed by atoms with Crippen LogP contribution in [0.15, 0.2) is 11.1 Å². The highest BCUT2D eigenvalue weighted by atomic mass is 32.2. The molecule has 1 aliphatic heterocycles. The lowest BCUT2D eigenvalue weighted by Gasteiger charge is -2.37. The second-order valence-corrected chi connectivity index (χ2v) is 6.91. The van der Waals surface area contributed by atoms with E-state index >= 15 is 0 Å². The van der Waals surface area contributed by atoms with Crippen LogP contribution in [0.3, 0.4) is 0 Å². The normalized spacial score (nSPS) is 21.1. The third-order valence-electron chi connectivity index (χ3n) is 2.83. The molecule has 1 aliphatic rings. The van der Waals surface area contributed by atoms with Gasteiger partial charge in [-0.1, -0.05) is 0 Å². The van der Waals surface area contributed by atoms with E-state index in [1.807, 2.05) is 13.8 Å². The van der Waals surface area contributed by atoms with Crippen molar-refractivity contribution in [2.24, 2.45) is 7.05 Å². The number of hydrogen-bond donors (Lipinski definition) is 1. The minimum atomic E-state index is -3.60. The quantitative estimate of drug-likeness (QED) is 0.806. The lowest BCUT2D eigenvalue weighted by atomic mass is 10.1. The van der Waals surface area contributed by atoms with Gasteiger partial charge in [-0.25, -0.2) is 8.42 Å². The smallest absolute Gasteiger partial charge is 0.248 e. The molecule has 2 heterocycles. The number of morpholine rings is 1. The molecular weight excluding hydrogens is 256 g/mol. The molecule has 0 radical (unpaired) electrons. The summed E-state index contributed by atoms with van der Waals surface area (Å²) in [5, 5.41) is 3.87. The number of nitrogen functional groups attached to an aromatic ring is 1. The summed E-state index contributed by atoms with van der Waals surface area (Å²) in [5.41, 5.74) is 5.15. The second-order valence-electron chi connectivity index (χ2n) is 5.00. The fourth-order valence-electron chi connectivity index (χ4n) is 2.00. The van der Waals surface area contributed by atoms with Crippen molar-refractivity contribution in [2.45, 2.75) is 24.3 Å². The maximum atomic E-state index is 12.4. The summed E-state index contributed by atoms with van der Waals surface area (Å²) in [5.74, 6) is 0.0294. The van der Waals surface area contributed by atoms with Crippen LogP contribution >= 0.6 is 0 Å². The Hall–Kier alpha value is -1.12. The van der Waals surface area contributed by atoms with Crippen LogP contribution in [-0.2, 0) is 21.8 Å². The molecule has 18 heavy (non-hydrogen) atoms. The number of nitrogens with two attached hydrogens (primary N) is 1. The van der Waals surface area contributed by atoms with Crippen molar-refractivity contribution in [3.63, 3.8) is 0 Å². The van der Waals surface area contributed by atoms with Gasteiger partial charge in [-0.2, -0.15) is 9.40 Å². The van der Waals surface area contributed by atoms with Crippen LogP contribution in [0.1, 0.15) is 13.8 Å². The van der Waals surface area contributed by atoms with Gasteiger partial charge in [0.25, 0.3) is 0 Å². The Bertz CT molecular complexity index is 549. The highest BCUT2D eigenvalue weighted by molar-refractivity contribution is 7.89. The van der Waals surface area contributed by atoms with Gasteiger partial charge in [-0.15, -0.1) is 0 Å². The molecule has 0 bridgehead atoms. The number of nitrogens with zero attached hydrogens (tertiary/aromatic N) is 3. The van der Waals surface area contributed by atoms with E-state index in [1.165, 1.54) is 15.2 Å². The van der Waals surface area contributed by atoms with Crippen LogP contribution in [0.4, 0.5) is 5.82 Å². The number of rotatable bonds is 2. The zero-order valence-corrected chi connectivity index (χ0v) is 11.6. The number of aromatic nitrogens is 2. The highest BCUT2D eigenvalue weighted by Gasteiger charge is 2.36. The molecular formula is C10H18N4O3S. The van der Waals surface area contributed by atoms with Crippen LogP contribution in [0.5, 0.6) is 0 Å². The molecule has 0 unspecified atom stereocenters. The minimum Gasteiger partial charge on any atom is -0.381 e. The van der Waals surface area contributed by atoms with Gasteiger partial charge in [0.05, 0.1) is 12.2 Å². The Labute approximate surface area is 107 Å². The van der Waals surface area contributed by atoms with Gasteiger partial charge in [0, 0.05) is 26.3 Å². The lowest BCUT2D eigenvalue weighted by molar-refractivity contribution is -0.0640. The molecule has 102 valence electrons. The zero-order valence-electron chi connectivity index (χ0n) is 10.8. The van der Waals surface area contributed by atoms with Gasteiger partial charge in [0.1, 0.15) is 4.90 Å². The van der Waals surface area contributed by atoms with E-state index in [9.17, 15) is 8.42 Å². The molecule has 0 aliphatic carbocycles. The van der Waals surface area contributed by atoms with Crippen LogP contribution < -0.4 is 5.73 Å². The number of ether oxygens (including phenoxy) is 1. The number of anilines is 1. The molecule has 0 saturated carbocycles. The summed E-state index contributed by atoms with van der Waals surface area (Å²) in [6.45, 7) is 4.75. The first-order chi connectivity index (χ1) is 8.22. The maximum absolute atomic E-state index is 12.4. The summed E-state index contributed by atoms with van der Waals surface area (Å²) in [6.07, 6.45) is 1.42. The Morgan fingerprint density at radius 2 is 2.17 bits per heavy atom. The molecule has 0 aromatic carbocycles. The van der Waals surface area contributed by atoms with Crippen LogP contribution in [0.2, 0.25) is 0 Å². The zero-order chi connectivity index (χ0) is 13.6. The fraction of sp³-hybridized carbons (Fsp3) is 0.700. The molecule has 2 N–H and O–H groups in total. The molecule has 7 nitrogen and oxygen atoms in total. The van der Waals surface area contributed by atoms with Gasteiger partial charge >= 0.3 is 0 Å². The lowest BCUT2D eigenvalue weighted by Crippen LogP contribution is -2.50. The van der Waals surface area contributed by atoms with E-state index in [-0.39, 0.29) is 10.7 Å². The third kappa shape index (κ3) is 2.36. The van der Waals surface area contributed by atoms with Gasteiger partial charge in [0.15, 0.2) is 5.82 Å². The molecule has 0 atom stereocenters. The summed E-state index contributed by atoms with van der Waals surface area (Å²) < 4.78 is 33.2. The Morgan fingerprint density at radius 3 is 2.67 bits per heavy atom. The largest absolute Gasteiger partial charge is 0.381 e. The number of hydrogen-bond acceptors (Lipinski definition) is 5. The van der Waals surface area contributed by atoms with E-state index in [1.54, 1.807) is 7.05 Å². The first kappa shape index (κ1) is 13.3. The molecule has 8 heteroatoms. The summed E-state index contributed by atoms with van der Waals surface area (Å²) in [4.78, 5) is 0.0581. The van der Waals surface area contributed by atoms with Crippen molar-refractivity contribution in [3.05, 3.63) is 6.20 Å². The van der Waals surface area contributed by atoms with E-state index < -0.39 is 15.6 Å². The minimum absolute atomic E-state index is 0.0294. The molecule has 1 fully saturated rings. The van der Waals surface area contributed by atoms with Crippen LogP contribution in [0, 0.1) is 0 Å². The summed E-state index contributed by atoms with van der Waals surface area (Å²) in [6, 6.07) is 0. The van der Waals surface area contributed by atoms with Crippen molar-refractivity contribution in [1.29, 1.82) is 0 Å². The summed E-state index contributed by atoms with van der Waals surface area (Å²) in [7, 11) is -1.96. The average Bonchev–Trinajstić information content (AvgIpc) is 2.57. The fourth-order valence-corrected chi connectivity index (χ4v) is 3.66. The Morgan fingerprint density at radius 1 is 1.50 bits per heavy atom. The first-order valence-corrected chi connectivity index (χ1v) is 7.10. The van der Waals surface area contributed by atoms with Crippen molar-refractivity contribution < 1.29 is 13.2 Å². The van der Waals surface area contributed by atoms with Gasteiger partial charge in [-0.3, -0.25) is 4.68 Å². The van der Waals surface area contributed by atoms with Crippen molar-refractivity contribution in [3.8, 4) is 0 Å². The maximum Gasteiger partial charge on any atom is 0.248 e. The molecule has 0 spiro atoms. The first-order valence-electron chi connectivity index (χ1n) is 5.66. The Kier molecular flexibility index (Phi) is 3.12. The van der Waals surface area contributed by atoms with E-state index in [0.29, 0.717) is 19.7 Å². The van der Waals surface area contributed by atoms with Crippen molar-refractivity contribution in [1.82, 2.24) is 14.1 Å². The number of sulfonamides is 1. The molecule has 1 saturated heterocycles.